The van der Waals surface area contributed by atoms with Gasteiger partial charge in [0, 0.05) is 39.6 Å². The summed E-state index contributed by atoms with van der Waals surface area (Å²) in [6.07, 6.45) is 3.79. The summed E-state index contributed by atoms with van der Waals surface area (Å²) in [7, 11) is 3.82. The molecule has 6 nitrogen and oxygen atoms in total. The summed E-state index contributed by atoms with van der Waals surface area (Å²) in [5.74, 6) is 2.22. The van der Waals surface area contributed by atoms with Crippen molar-refractivity contribution in [3.8, 4) is 5.75 Å². The number of aliphatic imine (C=N–C) groups is 1. The van der Waals surface area contributed by atoms with E-state index in [0.717, 1.165) is 31.3 Å². The van der Waals surface area contributed by atoms with Crippen molar-refractivity contribution in [3.05, 3.63) is 48.8 Å². The number of nitrogens with one attached hydrogen (secondary N) is 1. The van der Waals surface area contributed by atoms with E-state index in [2.05, 4.69) is 27.2 Å². The molecule has 0 radical (unpaired) electrons. The Balaban J connectivity index is 1.70. The van der Waals surface area contributed by atoms with E-state index < -0.39 is 0 Å². The molecule has 1 heterocycles. The fraction of sp³-hybridized carbons (Fsp3) is 0.444. The Morgan fingerprint density at radius 3 is 2.79 bits per heavy atom. The van der Waals surface area contributed by atoms with Crippen molar-refractivity contribution in [2.75, 3.05) is 33.8 Å². The lowest BCUT2D eigenvalue weighted by molar-refractivity contribution is 0.280. The van der Waals surface area contributed by atoms with E-state index in [-0.39, 0.29) is 0 Å². The molecule has 0 fully saturated rings. The van der Waals surface area contributed by atoms with Gasteiger partial charge < -0.3 is 15.0 Å². The zero-order valence-corrected chi connectivity index (χ0v) is 14.7. The van der Waals surface area contributed by atoms with E-state index in [1.165, 1.54) is 0 Å². The average molecular weight is 329 g/mol. The first-order valence-corrected chi connectivity index (χ1v) is 8.26. The molecule has 0 amide bonds. The molecule has 1 N–H and O–H groups in total. The van der Waals surface area contributed by atoms with E-state index in [1.54, 1.807) is 13.2 Å². The lowest BCUT2D eigenvalue weighted by atomic mass is 10.2. The first kappa shape index (κ1) is 17.8. The van der Waals surface area contributed by atoms with Crippen LogP contribution >= 0.6 is 0 Å². The Kier molecular flexibility index (Phi) is 7.14. The molecule has 2 aromatic rings. The lowest BCUT2D eigenvalue weighted by Gasteiger charge is -2.23. The maximum absolute atomic E-state index is 5.73. The van der Waals surface area contributed by atoms with E-state index in [4.69, 9.17) is 4.74 Å². The maximum atomic E-state index is 5.73. The number of hydrogen-bond acceptors (Lipinski definition) is 3. The number of ether oxygens (including phenoxy) is 1. The molecule has 6 heteroatoms. The fourth-order valence-corrected chi connectivity index (χ4v) is 2.37. The van der Waals surface area contributed by atoms with Crippen LogP contribution in [0.5, 0.6) is 5.75 Å². The Labute approximate surface area is 144 Å². The van der Waals surface area contributed by atoms with Crippen LogP contribution < -0.4 is 10.1 Å². The smallest absolute Gasteiger partial charge is 0.193 e. The predicted molar refractivity (Wildman–Crippen MR) is 97.3 cm³/mol. The zero-order valence-electron chi connectivity index (χ0n) is 14.7. The first-order valence-electron chi connectivity index (χ1n) is 8.26. The second-order valence-corrected chi connectivity index (χ2v) is 5.84. The summed E-state index contributed by atoms with van der Waals surface area (Å²) in [6.45, 7) is 5.31. The normalized spacial score (nSPS) is 12.7. The average Bonchev–Trinajstić information content (AvgIpc) is 3.09. The van der Waals surface area contributed by atoms with Crippen LogP contribution in [0.4, 0.5) is 0 Å². The molecule has 130 valence electrons. The molecule has 0 saturated heterocycles. The third kappa shape index (κ3) is 5.95. The van der Waals surface area contributed by atoms with E-state index >= 15 is 0 Å². The number of aromatic nitrogens is 2. The van der Waals surface area contributed by atoms with Gasteiger partial charge in [0.15, 0.2) is 5.96 Å². The molecule has 0 bridgehead atoms. The van der Waals surface area contributed by atoms with Crippen LogP contribution in [-0.4, -0.2) is 54.4 Å². The minimum absolute atomic E-state index is 0.454. The number of para-hydroxylation sites is 1. The van der Waals surface area contributed by atoms with Crippen LogP contribution in [-0.2, 0) is 6.54 Å². The molecule has 1 aromatic heterocycles. The van der Waals surface area contributed by atoms with Crippen LogP contribution in [0.1, 0.15) is 6.92 Å². The van der Waals surface area contributed by atoms with Crippen LogP contribution in [0.2, 0.25) is 0 Å². The Bertz CT molecular complexity index is 597. The Morgan fingerprint density at radius 1 is 1.33 bits per heavy atom. The second kappa shape index (κ2) is 9.60. The van der Waals surface area contributed by atoms with Crippen LogP contribution in [0, 0.1) is 5.92 Å². The number of benzene rings is 1. The highest BCUT2D eigenvalue weighted by atomic mass is 16.5. The van der Waals surface area contributed by atoms with Gasteiger partial charge in [0.1, 0.15) is 12.4 Å². The summed E-state index contributed by atoms with van der Waals surface area (Å²) in [6, 6.07) is 11.8. The number of nitrogens with zero attached hydrogens (tertiary/aromatic N) is 4. The van der Waals surface area contributed by atoms with Gasteiger partial charge in [0.25, 0.3) is 0 Å². The van der Waals surface area contributed by atoms with Gasteiger partial charge in [-0.1, -0.05) is 25.1 Å². The highest BCUT2D eigenvalue weighted by molar-refractivity contribution is 5.79. The zero-order chi connectivity index (χ0) is 17.2. The highest BCUT2D eigenvalue weighted by Crippen LogP contribution is 2.07. The molecular weight excluding hydrogens is 302 g/mol. The van der Waals surface area contributed by atoms with Crippen molar-refractivity contribution in [2.24, 2.45) is 10.9 Å². The van der Waals surface area contributed by atoms with Gasteiger partial charge in [-0.3, -0.25) is 9.67 Å². The van der Waals surface area contributed by atoms with E-state index in [1.807, 2.05) is 54.3 Å². The third-order valence-corrected chi connectivity index (χ3v) is 3.68. The molecule has 2 rings (SSSR count). The Hall–Kier alpha value is -2.50. The standard InChI is InChI=1S/C18H27N5O/c1-16(15-23-11-7-10-21-23)14-20-18(19-2)22(3)12-13-24-17-8-5-4-6-9-17/h4-11,16H,12-15H2,1-3H3,(H,19,20). The van der Waals surface area contributed by atoms with Gasteiger partial charge in [0.2, 0.25) is 0 Å². The molecule has 0 spiro atoms. The van der Waals surface area contributed by atoms with Gasteiger partial charge >= 0.3 is 0 Å². The molecule has 0 aliphatic rings. The van der Waals surface area contributed by atoms with Gasteiger partial charge in [-0.05, 0) is 24.1 Å². The van der Waals surface area contributed by atoms with Crippen molar-refractivity contribution in [1.29, 1.82) is 0 Å². The topological polar surface area (TPSA) is 54.7 Å². The Morgan fingerprint density at radius 2 is 2.12 bits per heavy atom. The van der Waals surface area contributed by atoms with E-state index in [0.29, 0.717) is 12.5 Å². The predicted octanol–water partition coefficient (Wildman–Crippen LogP) is 2.11. The summed E-state index contributed by atoms with van der Waals surface area (Å²) in [4.78, 5) is 6.41. The van der Waals surface area contributed by atoms with Crippen molar-refractivity contribution < 1.29 is 4.74 Å². The van der Waals surface area contributed by atoms with Crippen molar-refractivity contribution in [2.45, 2.75) is 13.5 Å². The molecule has 1 aromatic carbocycles. The number of rotatable bonds is 8. The largest absolute Gasteiger partial charge is 0.492 e. The lowest BCUT2D eigenvalue weighted by Crippen LogP contribution is -2.42. The van der Waals surface area contributed by atoms with Gasteiger partial charge in [-0.2, -0.15) is 5.10 Å². The van der Waals surface area contributed by atoms with Gasteiger partial charge in [0.05, 0.1) is 6.54 Å². The van der Waals surface area contributed by atoms with Gasteiger partial charge in [-0.15, -0.1) is 0 Å². The summed E-state index contributed by atoms with van der Waals surface area (Å²) in [5.41, 5.74) is 0. The van der Waals surface area contributed by atoms with Crippen LogP contribution in [0.15, 0.2) is 53.8 Å². The summed E-state index contributed by atoms with van der Waals surface area (Å²) >= 11 is 0. The maximum Gasteiger partial charge on any atom is 0.193 e. The van der Waals surface area contributed by atoms with E-state index in [9.17, 15) is 0 Å². The first-order chi connectivity index (χ1) is 11.7. The minimum Gasteiger partial charge on any atom is -0.492 e. The molecule has 1 unspecified atom stereocenters. The quantitative estimate of drug-likeness (QED) is 0.595. The highest BCUT2D eigenvalue weighted by Gasteiger charge is 2.09. The SMILES string of the molecule is CN=C(NCC(C)Cn1cccn1)N(C)CCOc1ccccc1. The molecule has 24 heavy (non-hydrogen) atoms. The minimum atomic E-state index is 0.454. The fourth-order valence-electron chi connectivity index (χ4n) is 2.37. The summed E-state index contributed by atoms with van der Waals surface area (Å²) in [5, 5.41) is 7.65. The molecule has 0 aliphatic carbocycles. The van der Waals surface area contributed by atoms with Crippen molar-refractivity contribution >= 4 is 5.96 Å². The molecule has 0 aliphatic heterocycles. The molecule has 0 saturated carbocycles. The number of hydrogen-bond donors (Lipinski definition) is 1. The second-order valence-electron chi connectivity index (χ2n) is 5.84. The third-order valence-electron chi connectivity index (χ3n) is 3.68. The molecule has 1 atom stereocenters. The van der Waals surface area contributed by atoms with Crippen molar-refractivity contribution in [3.63, 3.8) is 0 Å². The number of likely N-dealkylation sites (N-methyl/N-ethyl adjacent to an activating group) is 1. The van der Waals surface area contributed by atoms with Crippen molar-refractivity contribution in [1.82, 2.24) is 20.0 Å². The molecular formula is C18H27N5O. The van der Waals surface area contributed by atoms with Crippen LogP contribution in [0.25, 0.3) is 0 Å². The summed E-state index contributed by atoms with van der Waals surface area (Å²) < 4.78 is 7.68. The number of guanidine groups is 1. The monoisotopic (exact) mass is 329 g/mol. The van der Waals surface area contributed by atoms with Crippen LogP contribution in [0.3, 0.4) is 0 Å². The van der Waals surface area contributed by atoms with Gasteiger partial charge in [-0.25, -0.2) is 0 Å².